The van der Waals surface area contributed by atoms with E-state index in [0.29, 0.717) is 24.3 Å². The Morgan fingerprint density at radius 1 is 1.11 bits per heavy atom. The molecule has 4 bridgehead atoms. The summed E-state index contributed by atoms with van der Waals surface area (Å²) in [5.74, 6) is 3.77. The van der Waals surface area contributed by atoms with Gasteiger partial charge in [-0.05, 0) is 69.6 Å². The van der Waals surface area contributed by atoms with Crippen LogP contribution in [0.15, 0.2) is 0 Å². The van der Waals surface area contributed by atoms with Crippen LogP contribution in [0, 0.1) is 29.6 Å². The SMILES string of the molecule is CC(C)(N)CNC(=O)C1C2CC3CC(C2)CC1C3. The highest BCUT2D eigenvalue weighted by atomic mass is 16.1. The Labute approximate surface area is 110 Å². The fourth-order valence-corrected chi connectivity index (χ4v) is 4.79. The lowest BCUT2D eigenvalue weighted by molar-refractivity contribution is -0.138. The minimum Gasteiger partial charge on any atom is -0.354 e. The molecule has 0 spiro atoms. The Balaban J connectivity index is 1.64. The number of nitrogens with one attached hydrogen (secondary N) is 1. The van der Waals surface area contributed by atoms with Crippen molar-refractivity contribution >= 4 is 5.91 Å². The lowest BCUT2D eigenvalue weighted by atomic mass is 9.51. The highest BCUT2D eigenvalue weighted by Gasteiger charge is 2.50. The standard InChI is InChI=1S/C15H26N2O/c1-15(2,16)8-17-14(18)13-11-4-9-3-10(6-11)7-12(13)5-9/h9-13H,3-8,16H2,1-2H3,(H,17,18). The molecule has 0 atom stereocenters. The molecule has 0 aromatic carbocycles. The van der Waals surface area contributed by atoms with Gasteiger partial charge in [0.05, 0.1) is 0 Å². The first-order valence-corrected chi connectivity index (χ1v) is 7.49. The van der Waals surface area contributed by atoms with E-state index in [4.69, 9.17) is 5.73 Å². The number of hydrogen-bond acceptors (Lipinski definition) is 2. The maximum absolute atomic E-state index is 12.4. The molecule has 0 aromatic rings. The molecule has 4 aliphatic rings. The summed E-state index contributed by atoms with van der Waals surface area (Å²) in [7, 11) is 0. The smallest absolute Gasteiger partial charge is 0.223 e. The molecule has 3 nitrogen and oxygen atoms in total. The first-order valence-electron chi connectivity index (χ1n) is 7.49. The molecular weight excluding hydrogens is 224 g/mol. The quantitative estimate of drug-likeness (QED) is 0.804. The molecule has 0 unspecified atom stereocenters. The van der Waals surface area contributed by atoms with E-state index in [1.54, 1.807) is 0 Å². The number of hydrogen-bond donors (Lipinski definition) is 2. The Bertz CT molecular complexity index is 317. The third-order valence-electron chi connectivity index (χ3n) is 5.25. The van der Waals surface area contributed by atoms with Crippen LogP contribution in [-0.4, -0.2) is 18.0 Å². The third-order valence-corrected chi connectivity index (χ3v) is 5.25. The maximum Gasteiger partial charge on any atom is 0.223 e. The summed E-state index contributed by atoms with van der Waals surface area (Å²) in [6.07, 6.45) is 6.65. The maximum atomic E-state index is 12.4. The predicted octanol–water partition coefficient (Wildman–Crippen LogP) is 1.91. The second kappa shape index (κ2) is 4.22. The van der Waals surface area contributed by atoms with E-state index in [1.165, 1.54) is 32.1 Å². The van der Waals surface area contributed by atoms with Gasteiger partial charge in [0.15, 0.2) is 0 Å². The second-order valence-electron chi connectivity index (χ2n) is 7.66. The molecule has 0 aromatic heterocycles. The number of amides is 1. The molecule has 4 fully saturated rings. The summed E-state index contributed by atoms with van der Waals surface area (Å²) >= 11 is 0. The number of carbonyl (C=O) groups excluding carboxylic acids is 1. The number of rotatable bonds is 3. The summed E-state index contributed by atoms with van der Waals surface area (Å²) in [6, 6.07) is 0. The molecule has 0 saturated heterocycles. The summed E-state index contributed by atoms with van der Waals surface area (Å²) < 4.78 is 0. The lowest BCUT2D eigenvalue weighted by Gasteiger charge is -2.53. The molecule has 102 valence electrons. The van der Waals surface area contributed by atoms with Crippen LogP contribution in [0.1, 0.15) is 46.0 Å². The Morgan fingerprint density at radius 3 is 2.06 bits per heavy atom. The molecule has 18 heavy (non-hydrogen) atoms. The van der Waals surface area contributed by atoms with Crippen molar-refractivity contribution in [1.82, 2.24) is 5.32 Å². The van der Waals surface area contributed by atoms with Gasteiger partial charge in [0.2, 0.25) is 5.91 Å². The van der Waals surface area contributed by atoms with Gasteiger partial charge >= 0.3 is 0 Å². The van der Waals surface area contributed by atoms with Gasteiger partial charge in [0.1, 0.15) is 0 Å². The van der Waals surface area contributed by atoms with Crippen LogP contribution in [0.5, 0.6) is 0 Å². The summed E-state index contributed by atoms with van der Waals surface area (Å²) in [4.78, 5) is 12.4. The van der Waals surface area contributed by atoms with Gasteiger partial charge < -0.3 is 11.1 Å². The summed E-state index contributed by atoms with van der Waals surface area (Å²) in [6.45, 7) is 4.52. The fraction of sp³-hybridized carbons (Fsp3) is 0.933. The van der Waals surface area contributed by atoms with Crippen molar-refractivity contribution < 1.29 is 4.79 Å². The molecular formula is C15H26N2O. The van der Waals surface area contributed by atoms with Gasteiger partial charge in [0.25, 0.3) is 0 Å². The van der Waals surface area contributed by atoms with Crippen molar-refractivity contribution in [3.05, 3.63) is 0 Å². The molecule has 3 heteroatoms. The second-order valence-corrected chi connectivity index (χ2v) is 7.66. The molecule has 0 radical (unpaired) electrons. The van der Waals surface area contributed by atoms with Crippen LogP contribution in [0.4, 0.5) is 0 Å². The van der Waals surface area contributed by atoms with Crippen LogP contribution >= 0.6 is 0 Å². The summed E-state index contributed by atoms with van der Waals surface area (Å²) in [5, 5.41) is 3.09. The Kier molecular flexibility index (Phi) is 2.92. The molecule has 3 N–H and O–H groups in total. The number of carbonyl (C=O) groups is 1. The minimum atomic E-state index is -0.304. The van der Waals surface area contributed by atoms with E-state index in [0.717, 1.165) is 11.8 Å². The van der Waals surface area contributed by atoms with E-state index in [-0.39, 0.29) is 11.4 Å². The van der Waals surface area contributed by atoms with Gasteiger partial charge in [-0.3, -0.25) is 4.79 Å². The van der Waals surface area contributed by atoms with Gasteiger partial charge in [-0.1, -0.05) is 0 Å². The first kappa shape index (κ1) is 12.5. The molecule has 4 saturated carbocycles. The lowest BCUT2D eigenvalue weighted by Crippen LogP contribution is -2.53. The highest BCUT2D eigenvalue weighted by Crippen LogP contribution is 2.56. The third kappa shape index (κ3) is 2.29. The monoisotopic (exact) mass is 250 g/mol. The van der Waals surface area contributed by atoms with Crippen molar-refractivity contribution in [3.63, 3.8) is 0 Å². The van der Waals surface area contributed by atoms with Crippen LogP contribution in [0.25, 0.3) is 0 Å². The van der Waals surface area contributed by atoms with E-state index >= 15 is 0 Å². The minimum absolute atomic E-state index is 0.280. The molecule has 0 heterocycles. The highest BCUT2D eigenvalue weighted by molar-refractivity contribution is 5.79. The van der Waals surface area contributed by atoms with Crippen molar-refractivity contribution in [1.29, 1.82) is 0 Å². The summed E-state index contributed by atoms with van der Waals surface area (Å²) in [5.41, 5.74) is 5.64. The van der Waals surface area contributed by atoms with Crippen LogP contribution < -0.4 is 11.1 Å². The van der Waals surface area contributed by atoms with Gasteiger partial charge in [-0.25, -0.2) is 0 Å². The largest absolute Gasteiger partial charge is 0.354 e. The van der Waals surface area contributed by atoms with Crippen LogP contribution in [0.3, 0.4) is 0 Å². The number of nitrogens with two attached hydrogens (primary N) is 1. The van der Waals surface area contributed by atoms with E-state index in [9.17, 15) is 4.79 Å². The van der Waals surface area contributed by atoms with Crippen molar-refractivity contribution in [2.75, 3.05) is 6.54 Å². The molecule has 1 amide bonds. The van der Waals surface area contributed by atoms with Crippen molar-refractivity contribution in [2.45, 2.75) is 51.5 Å². The molecule has 0 aliphatic heterocycles. The average molecular weight is 250 g/mol. The normalized spacial score (nSPS) is 42.1. The topological polar surface area (TPSA) is 55.1 Å². The average Bonchev–Trinajstić information content (AvgIpc) is 2.23. The zero-order chi connectivity index (χ0) is 12.9. The van der Waals surface area contributed by atoms with Crippen molar-refractivity contribution in [3.8, 4) is 0 Å². The molecule has 4 rings (SSSR count). The van der Waals surface area contributed by atoms with Gasteiger partial charge in [-0.15, -0.1) is 0 Å². The molecule has 4 aliphatic carbocycles. The van der Waals surface area contributed by atoms with Gasteiger partial charge in [0, 0.05) is 18.0 Å². The zero-order valence-electron chi connectivity index (χ0n) is 11.6. The Morgan fingerprint density at radius 2 is 1.61 bits per heavy atom. The van der Waals surface area contributed by atoms with E-state index < -0.39 is 0 Å². The zero-order valence-corrected chi connectivity index (χ0v) is 11.6. The predicted molar refractivity (Wildman–Crippen MR) is 71.8 cm³/mol. The van der Waals surface area contributed by atoms with Crippen molar-refractivity contribution in [2.24, 2.45) is 35.3 Å². The van der Waals surface area contributed by atoms with E-state index in [2.05, 4.69) is 5.32 Å². The van der Waals surface area contributed by atoms with E-state index in [1.807, 2.05) is 13.8 Å². The van der Waals surface area contributed by atoms with Gasteiger partial charge in [-0.2, -0.15) is 0 Å². The van der Waals surface area contributed by atoms with Crippen LogP contribution in [0.2, 0.25) is 0 Å². The first-order chi connectivity index (χ1) is 8.42. The van der Waals surface area contributed by atoms with Crippen LogP contribution in [-0.2, 0) is 4.79 Å². The fourth-order valence-electron chi connectivity index (χ4n) is 4.79. The Hall–Kier alpha value is -0.570.